The molecule has 122 valence electrons. The highest BCUT2D eigenvalue weighted by Gasteiger charge is 2.33. The number of likely N-dealkylation sites (tertiary alicyclic amines) is 1. The lowest BCUT2D eigenvalue weighted by molar-refractivity contribution is 0.0182. The molecular weight excluding hydrogens is 262 g/mol. The van der Waals surface area contributed by atoms with E-state index in [1.165, 1.54) is 58.3 Å². The van der Waals surface area contributed by atoms with Crippen LogP contribution in [0.2, 0.25) is 0 Å². The fourth-order valence-electron chi connectivity index (χ4n) is 4.40. The summed E-state index contributed by atoms with van der Waals surface area (Å²) in [6, 6.07) is 1.57. The van der Waals surface area contributed by atoms with Crippen LogP contribution in [0.1, 0.15) is 39.0 Å². The Labute approximate surface area is 130 Å². The van der Waals surface area contributed by atoms with Crippen molar-refractivity contribution in [1.82, 2.24) is 15.1 Å². The van der Waals surface area contributed by atoms with Crippen LogP contribution in [0.25, 0.3) is 0 Å². The second-order valence-corrected chi connectivity index (χ2v) is 7.10. The Bertz CT molecular complexity index is 306. The fraction of sp³-hybridized carbons (Fsp3) is 1.00. The van der Waals surface area contributed by atoms with Crippen molar-refractivity contribution in [2.45, 2.75) is 51.1 Å². The van der Waals surface area contributed by atoms with Crippen molar-refractivity contribution in [1.29, 1.82) is 0 Å². The summed E-state index contributed by atoms with van der Waals surface area (Å²) in [4.78, 5) is 5.39. The van der Waals surface area contributed by atoms with Gasteiger partial charge < -0.3 is 15.0 Å². The standard InChI is InChI=1S/C17H33N3O/c1-2-7-18-17-5-3-4-15(17)13-19-8-6-16(14-19)20-9-11-21-12-10-20/h15-18H,2-14H2,1H3. The molecule has 1 saturated carbocycles. The van der Waals surface area contributed by atoms with Crippen molar-refractivity contribution < 1.29 is 4.74 Å². The molecule has 4 heteroatoms. The summed E-state index contributed by atoms with van der Waals surface area (Å²) in [5.74, 6) is 0.889. The molecular formula is C17H33N3O. The average molecular weight is 295 g/mol. The van der Waals surface area contributed by atoms with E-state index in [9.17, 15) is 0 Å². The van der Waals surface area contributed by atoms with Crippen LogP contribution >= 0.6 is 0 Å². The summed E-state index contributed by atoms with van der Waals surface area (Å²) in [5, 5.41) is 3.78. The Kier molecular flexibility index (Phi) is 5.92. The summed E-state index contributed by atoms with van der Waals surface area (Å²) < 4.78 is 5.48. The third kappa shape index (κ3) is 4.19. The van der Waals surface area contributed by atoms with Gasteiger partial charge in [-0.2, -0.15) is 0 Å². The average Bonchev–Trinajstić information content (AvgIpc) is 3.16. The molecule has 4 nitrogen and oxygen atoms in total. The van der Waals surface area contributed by atoms with Crippen LogP contribution in [0.5, 0.6) is 0 Å². The van der Waals surface area contributed by atoms with Crippen molar-refractivity contribution >= 4 is 0 Å². The second kappa shape index (κ2) is 7.91. The van der Waals surface area contributed by atoms with E-state index in [4.69, 9.17) is 4.74 Å². The molecule has 0 aromatic carbocycles. The van der Waals surface area contributed by atoms with Gasteiger partial charge in [0, 0.05) is 38.3 Å². The van der Waals surface area contributed by atoms with Crippen LogP contribution in [-0.2, 0) is 4.74 Å². The number of rotatable bonds is 6. The molecule has 1 aliphatic carbocycles. The number of hydrogen-bond acceptors (Lipinski definition) is 4. The molecule has 0 aromatic rings. The maximum atomic E-state index is 5.48. The van der Waals surface area contributed by atoms with Gasteiger partial charge in [-0.25, -0.2) is 0 Å². The molecule has 2 aliphatic heterocycles. The van der Waals surface area contributed by atoms with Crippen LogP contribution in [0.3, 0.4) is 0 Å². The first-order chi connectivity index (χ1) is 10.4. The van der Waals surface area contributed by atoms with E-state index < -0.39 is 0 Å². The van der Waals surface area contributed by atoms with Gasteiger partial charge >= 0.3 is 0 Å². The van der Waals surface area contributed by atoms with Crippen molar-refractivity contribution in [2.24, 2.45) is 5.92 Å². The minimum Gasteiger partial charge on any atom is -0.379 e. The summed E-state index contributed by atoms with van der Waals surface area (Å²) in [6.07, 6.45) is 6.87. The Morgan fingerprint density at radius 1 is 1.10 bits per heavy atom. The molecule has 0 amide bonds. The van der Waals surface area contributed by atoms with E-state index in [2.05, 4.69) is 22.0 Å². The van der Waals surface area contributed by atoms with Gasteiger partial charge in [-0.3, -0.25) is 4.90 Å². The molecule has 3 aliphatic rings. The molecule has 0 bridgehead atoms. The lowest BCUT2D eigenvalue weighted by Crippen LogP contribution is -2.45. The fourth-order valence-corrected chi connectivity index (χ4v) is 4.40. The van der Waals surface area contributed by atoms with Gasteiger partial charge in [0.15, 0.2) is 0 Å². The van der Waals surface area contributed by atoms with Gasteiger partial charge in [-0.15, -0.1) is 0 Å². The molecule has 1 N–H and O–H groups in total. The largest absolute Gasteiger partial charge is 0.379 e. The van der Waals surface area contributed by atoms with Gasteiger partial charge in [0.05, 0.1) is 13.2 Å². The van der Waals surface area contributed by atoms with E-state index in [-0.39, 0.29) is 0 Å². The molecule has 0 radical (unpaired) electrons. The molecule has 3 fully saturated rings. The first kappa shape index (κ1) is 15.7. The minimum atomic E-state index is 0.785. The first-order valence-electron chi connectivity index (χ1n) is 9.14. The monoisotopic (exact) mass is 295 g/mol. The van der Waals surface area contributed by atoms with Gasteiger partial charge in [0.25, 0.3) is 0 Å². The summed E-state index contributed by atoms with van der Waals surface area (Å²) in [7, 11) is 0. The normalized spacial score (nSPS) is 35.6. The zero-order valence-corrected chi connectivity index (χ0v) is 13.7. The number of morpholine rings is 1. The van der Waals surface area contributed by atoms with E-state index in [0.717, 1.165) is 44.3 Å². The Morgan fingerprint density at radius 2 is 1.95 bits per heavy atom. The number of nitrogens with zero attached hydrogens (tertiary/aromatic N) is 2. The van der Waals surface area contributed by atoms with Crippen LogP contribution in [0.4, 0.5) is 0 Å². The highest BCUT2D eigenvalue weighted by Crippen LogP contribution is 2.28. The first-order valence-corrected chi connectivity index (χ1v) is 9.14. The van der Waals surface area contributed by atoms with E-state index >= 15 is 0 Å². The molecule has 2 heterocycles. The second-order valence-electron chi connectivity index (χ2n) is 7.10. The van der Waals surface area contributed by atoms with Crippen LogP contribution in [0, 0.1) is 5.92 Å². The van der Waals surface area contributed by atoms with Gasteiger partial charge in [0.2, 0.25) is 0 Å². The predicted octanol–water partition coefficient (Wildman–Crippen LogP) is 1.56. The number of nitrogens with one attached hydrogen (secondary N) is 1. The Balaban J connectivity index is 1.43. The van der Waals surface area contributed by atoms with E-state index in [1.807, 2.05) is 0 Å². The van der Waals surface area contributed by atoms with Crippen molar-refractivity contribution in [3.05, 3.63) is 0 Å². The third-order valence-electron chi connectivity index (χ3n) is 5.62. The minimum absolute atomic E-state index is 0.785. The van der Waals surface area contributed by atoms with Crippen LogP contribution < -0.4 is 5.32 Å². The summed E-state index contributed by atoms with van der Waals surface area (Å²) >= 11 is 0. The van der Waals surface area contributed by atoms with Gasteiger partial charge in [-0.1, -0.05) is 13.3 Å². The maximum Gasteiger partial charge on any atom is 0.0594 e. The van der Waals surface area contributed by atoms with Crippen LogP contribution in [0.15, 0.2) is 0 Å². The van der Waals surface area contributed by atoms with Gasteiger partial charge in [0.1, 0.15) is 0 Å². The highest BCUT2D eigenvalue weighted by molar-refractivity contribution is 4.90. The number of ether oxygens (including phenoxy) is 1. The predicted molar refractivity (Wildman–Crippen MR) is 86.7 cm³/mol. The van der Waals surface area contributed by atoms with Crippen molar-refractivity contribution in [3.8, 4) is 0 Å². The Morgan fingerprint density at radius 3 is 2.76 bits per heavy atom. The van der Waals surface area contributed by atoms with E-state index in [1.54, 1.807) is 0 Å². The van der Waals surface area contributed by atoms with Crippen LogP contribution in [-0.4, -0.2) is 74.4 Å². The molecule has 2 saturated heterocycles. The lowest BCUT2D eigenvalue weighted by Gasteiger charge is -2.32. The summed E-state index contributed by atoms with van der Waals surface area (Å²) in [5.41, 5.74) is 0. The molecule has 3 unspecified atom stereocenters. The quantitative estimate of drug-likeness (QED) is 0.805. The molecule has 21 heavy (non-hydrogen) atoms. The van der Waals surface area contributed by atoms with E-state index in [0.29, 0.717) is 0 Å². The molecule has 0 aromatic heterocycles. The summed E-state index contributed by atoms with van der Waals surface area (Å²) in [6.45, 7) is 11.5. The number of hydrogen-bond donors (Lipinski definition) is 1. The Hall–Kier alpha value is -0.160. The van der Waals surface area contributed by atoms with Crippen molar-refractivity contribution in [3.63, 3.8) is 0 Å². The smallest absolute Gasteiger partial charge is 0.0594 e. The maximum absolute atomic E-state index is 5.48. The zero-order chi connectivity index (χ0) is 14.5. The molecule has 3 atom stereocenters. The van der Waals surface area contributed by atoms with Gasteiger partial charge in [-0.05, 0) is 44.7 Å². The zero-order valence-electron chi connectivity index (χ0n) is 13.7. The molecule has 0 spiro atoms. The topological polar surface area (TPSA) is 27.7 Å². The SMILES string of the molecule is CCCNC1CCCC1CN1CCC(N2CCOCC2)C1. The highest BCUT2D eigenvalue weighted by atomic mass is 16.5. The lowest BCUT2D eigenvalue weighted by atomic mass is 10.0. The third-order valence-corrected chi connectivity index (χ3v) is 5.62. The molecule has 3 rings (SSSR count). The van der Waals surface area contributed by atoms with Crippen molar-refractivity contribution in [2.75, 3.05) is 52.5 Å².